The number of anilines is 1. The lowest BCUT2D eigenvalue weighted by Crippen LogP contribution is -2.13. The Morgan fingerprint density at radius 3 is 2.59 bits per heavy atom. The number of carbonyl (C=O) groups is 2. The van der Waals surface area contributed by atoms with Crippen molar-refractivity contribution in [3.63, 3.8) is 0 Å². The number of rotatable bonds is 5. The number of hydrogen-bond donors (Lipinski definition) is 3. The number of amides is 1. The van der Waals surface area contributed by atoms with Gasteiger partial charge in [-0.05, 0) is 12.1 Å². The molecular formula is C11H13NO5. The highest BCUT2D eigenvalue weighted by molar-refractivity contribution is 5.92. The van der Waals surface area contributed by atoms with Crippen LogP contribution in [0, 0.1) is 0 Å². The molecule has 92 valence electrons. The Kier molecular flexibility index (Phi) is 4.33. The van der Waals surface area contributed by atoms with Crippen molar-refractivity contribution >= 4 is 17.6 Å². The molecule has 1 aromatic carbocycles. The van der Waals surface area contributed by atoms with Crippen LogP contribution in [0.2, 0.25) is 0 Å². The number of carboxylic acids is 1. The molecule has 0 radical (unpaired) electrons. The number of ether oxygens (including phenoxy) is 1. The Hall–Kier alpha value is -2.24. The Labute approximate surface area is 97.8 Å². The maximum atomic E-state index is 11.3. The van der Waals surface area contributed by atoms with Crippen LogP contribution in [-0.2, 0) is 9.59 Å². The van der Waals surface area contributed by atoms with Crippen molar-refractivity contribution in [3.05, 3.63) is 18.2 Å². The summed E-state index contributed by atoms with van der Waals surface area (Å²) in [5.41, 5.74) is 0.388. The molecule has 17 heavy (non-hydrogen) atoms. The number of carbonyl (C=O) groups excluding carboxylic acids is 1. The molecule has 3 N–H and O–H groups in total. The first-order chi connectivity index (χ1) is 8.02. The van der Waals surface area contributed by atoms with E-state index >= 15 is 0 Å². The molecule has 0 saturated carbocycles. The van der Waals surface area contributed by atoms with Gasteiger partial charge in [0.05, 0.1) is 13.5 Å². The van der Waals surface area contributed by atoms with Gasteiger partial charge in [0.2, 0.25) is 5.91 Å². The Morgan fingerprint density at radius 1 is 1.35 bits per heavy atom. The average Bonchev–Trinajstić information content (AvgIpc) is 2.26. The molecule has 0 aliphatic carbocycles. The molecule has 0 atom stereocenters. The van der Waals surface area contributed by atoms with Gasteiger partial charge in [0.25, 0.3) is 0 Å². The average molecular weight is 239 g/mol. The van der Waals surface area contributed by atoms with Crippen molar-refractivity contribution in [3.8, 4) is 11.5 Å². The molecule has 0 heterocycles. The largest absolute Gasteiger partial charge is 0.504 e. The molecule has 0 bridgehead atoms. The highest BCUT2D eigenvalue weighted by atomic mass is 16.5. The minimum Gasteiger partial charge on any atom is -0.504 e. The molecule has 6 nitrogen and oxygen atoms in total. The molecule has 0 aromatic heterocycles. The zero-order valence-corrected chi connectivity index (χ0v) is 9.27. The molecule has 0 fully saturated rings. The first kappa shape index (κ1) is 12.8. The number of methoxy groups -OCH3 is 1. The van der Waals surface area contributed by atoms with Gasteiger partial charge in [-0.15, -0.1) is 0 Å². The second-order valence-electron chi connectivity index (χ2n) is 3.33. The third-order valence-corrected chi connectivity index (χ3v) is 2.03. The maximum Gasteiger partial charge on any atom is 0.303 e. The fraction of sp³-hybridized carbons (Fsp3) is 0.273. The summed E-state index contributed by atoms with van der Waals surface area (Å²) in [4.78, 5) is 21.6. The minimum absolute atomic E-state index is 0.0939. The van der Waals surface area contributed by atoms with Gasteiger partial charge >= 0.3 is 5.97 Å². The quantitative estimate of drug-likeness (QED) is 0.717. The van der Waals surface area contributed by atoms with Gasteiger partial charge < -0.3 is 20.3 Å². The first-order valence-corrected chi connectivity index (χ1v) is 4.91. The number of nitrogens with one attached hydrogen (secondary N) is 1. The molecule has 0 saturated heterocycles. The Morgan fingerprint density at radius 2 is 2.06 bits per heavy atom. The fourth-order valence-corrected chi connectivity index (χ4v) is 1.21. The lowest BCUT2D eigenvalue weighted by Gasteiger charge is -2.07. The molecule has 0 spiro atoms. The van der Waals surface area contributed by atoms with E-state index in [9.17, 15) is 14.7 Å². The molecule has 1 rings (SSSR count). The molecular weight excluding hydrogens is 226 g/mol. The summed E-state index contributed by atoms with van der Waals surface area (Å²) >= 11 is 0. The zero-order chi connectivity index (χ0) is 12.8. The summed E-state index contributed by atoms with van der Waals surface area (Å²) in [7, 11) is 1.42. The van der Waals surface area contributed by atoms with Crippen LogP contribution in [0.3, 0.4) is 0 Å². The van der Waals surface area contributed by atoms with E-state index in [4.69, 9.17) is 9.84 Å². The van der Waals surface area contributed by atoms with E-state index in [1.54, 1.807) is 6.07 Å². The molecule has 1 amide bonds. The summed E-state index contributed by atoms with van der Waals surface area (Å²) in [5.74, 6) is -1.24. The summed E-state index contributed by atoms with van der Waals surface area (Å²) in [6.07, 6.45) is -0.337. The number of phenols is 1. The number of aromatic hydroxyl groups is 1. The van der Waals surface area contributed by atoms with E-state index in [0.29, 0.717) is 11.4 Å². The SMILES string of the molecule is COc1ccc(NC(=O)CCC(=O)O)cc1O. The Balaban J connectivity index is 2.60. The smallest absolute Gasteiger partial charge is 0.303 e. The van der Waals surface area contributed by atoms with Crippen LogP contribution in [0.1, 0.15) is 12.8 Å². The number of hydrogen-bond acceptors (Lipinski definition) is 4. The van der Waals surface area contributed by atoms with Gasteiger partial charge in [-0.3, -0.25) is 9.59 Å². The van der Waals surface area contributed by atoms with Crippen molar-refractivity contribution in [2.24, 2.45) is 0 Å². The van der Waals surface area contributed by atoms with Gasteiger partial charge in [0, 0.05) is 18.2 Å². The van der Waals surface area contributed by atoms with Crippen molar-refractivity contribution < 1.29 is 24.5 Å². The number of carboxylic acid groups (broad SMARTS) is 1. The van der Waals surface area contributed by atoms with Gasteiger partial charge in [-0.2, -0.15) is 0 Å². The maximum absolute atomic E-state index is 11.3. The van der Waals surface area contributed by atoms with Gasteiger partial charge in [0.1, 0.15) is 0 Å². The fourth-order valence-electron chi connectivity index (χ4n) is 1.21. The number of aliphatic carboxylic acids is 1. The summed E-state index contributed by atoms with van der Waals surface area (Å²) in [6, 6.07) is 4.39. The first-order valence-electron chi connectivity index (χ1n) is 4.91. The second kappa shape index (κ2) is 5.74. The van der Waals surface area contributed by atoms with Crippen LogP contribution in [0.15, 0.2) is 18.2 Å². The van der Waals surface area contributed by atoms with Crippen molar-refractivity contribution in [1.82, 2.24) is 0 Å². The molecule has 0 unspecified atom stereocenters. The van der Waals surface area contributed by atoms with Crippen molar-refractivity contribution in [2.75, 3.05) is 12.4 Å². The van der Waals surface area contributed by atoms with E-state index in [0.717, 1.165) is 0 Å². The monoisotopic (exact) mass is 239 g/mol. The highest BCUT2D eigenvalue weighted by Crippen LogP contribution is 2.28. The summed E-state index contributed by atoms with van der Waals surface area (Å²) < 4.78 is 4.84. The van der Waals surface area contributed by atoms with E-state index in [1.807, 2.05) is 0 Å². The zero-order valence-electron chi connectivity index (χ0n) is 9.27. The molecule has 6 heteroatoms. The van der Waals surface area contributed by atoms with E-state index in [-0.39, 0.29) is 18.6 Å². The predicted octanol–water partition coefficient (Wildman–Crippen LogP) is 1.20. The standard InChI is InChI=1S/C11H13NO5/c1-17-9-3-2-7(6-8(9)13)12-10(14)4-5-11(15)16/h2-3,6,13H,4-5H2,1H3,(H,12,14)(H,15,16). The summed E-state index contributed by atoms with van der Waals surface area (Å²) in [5, 5.41) is 20.3. The van der Waals surface area contributed by atoms with E-state index in [1.165, 1.54) is 19.2 Å². The van der Waals surface area contributed by atoms with Gasteiger partial charge in [-0.1, -0.05) is 0 Å². The van der Waals surface area contributed by atoms with Gasteiger partial charge in [-0.25, -0.2) is 0 Å². The van der Waals surface area contributed by atoms with Crippen molar-refractivity contribution in [2.45, 2.75) is 12.8 Å². The molecule has 0 aliphatic rings. The van der Waals surface area contributed by atoms with Crippen LogP contribution in [0.5, 0.6) is 11.5 Å². The third-order valence-electron chi connectivity index (χ3n) is 2.03. The normalized spacial score (nSPS) is 9.71. The molecule has 1 aromatic rings. The third kappa shape index (κ3) is 4.02. The molecule has 0 aliphatic heterocycles. The van der Waals surface area contributed by atoms with Crippen LogP contribution in [0.25, 0.3) is 0 Å². The Bertz CT molecular complexity index is 430. The predicted molar refractivity (Wildman–Crippen MR) is 60.2 cm³/mol. The number of benzene rings is 1. The van der Waals surface area contributed by atoms with Crippen molar-refractivity contribution in [1.29, 1.82) is 0 Å². The lowest BCUT2D eigenvalue weighted by molar-refractivity contribution is -0.138. The summed E-state index contributed by atoms with van der Waals surface area (Å²) in [6.45, 7) is 0. The van der Waals surface area contributed by atoms with Crippen LogP contribution >= 0.6 is 0 Å². The van der Waals surface area contributed by atoms with Crippen LogP contribution in [-0.4, -0.2) is 29.2 Å². The second-order valence-corrected chi connectivity index (χ2v) is 3.33. The highest BCUT2D eigenvalue weighted by Gasteiger charge is 2.07. The lowest BCUT2D eigenvalue weighted by atomic mass is 10.2. The van der Waals surface area contributed by atoms with E-state index < -0.39 is 11.9 Å². The minimum atomic E-state index is -1.03. The van der Waals surface area contributed by atoms with Gasteiger partial charge in [0.15, 0.2) is 11.5 Å². The van der Waals surface area contributed by atoms with Crippen LogP contribution < -0.4 is 10.1 Å². The van der Waals surface area contributed by atoms with E-state index in [2.05, 4.69) is 5.32 Å². The van der Waals surface area contributed by atoms with Crippen LogP contribution in [0.4, 0.5) is 5.69 Å². The number of phenolic OH excluding ortho intramolecular Hbond substituents is 1. The topological polar surface area (TPSA) is 95.9 Å².